The van der Waals surface area contributed by atoms with Gasteiger partial charge in [-0.05, 0) is 54.8 Å². The van der Waals surface area contributed by atoms with Crippen LogP contribution in [0, 0.1) is 11.7 Å². The number of piperidine rings is 1. The van der Waals surface area contributed by atoms with Gasteiger partial charge in [-0.2, -0.15) is 0 Å². The average Bonchev–Trinajstić information content (AvgIpc) is 2.75. The van der Waals surface area contributed by atoms with E-state index in [0.717, 1.165) is 36.2 Å². The summed E-state index contributed by atoms with van der Waals surface area (Å²) in [5.74, 6) is 0.116. The molecule has 0 aliphatic carbocycles. The lowest BCUT2D eigenvalue weighted by Crippen LogP contribution is -2.41. The summed E-state index contributed by atoms with van der Waals surface area (Å²) in [4.78, 5) is 23.6. The minimum Gasteiger partial charge on any atom is -0.340 e. The summed E-state index contributed by atoms with van der Waals surface area (Å²) in [5.41, 5.74) is 2.21. The third kappa shape index (κ3) is 4.71. The fourth-order valence-electron chi connectivity index (χ4n) is 3.45. The van der Waals surface area contributed by atoms with E-state index in [4.69, 9.17) is 11.6 Å². The van der Waals surface area contributed by atoms with Crippen LogP contribution in [0.5, 0.6) is 0 Å². The van der Waals surface area contributed by atoms with Crippen LogP contribution in [-0.4, -0.2) is 29.0 Å². The molecule has 1 amide bonds. The lowest BCUT2D eigenvalue weighted by molar-refractivity contribution is -0.120. The second kappa shape index (κ2) is 8.57. The summed E-state index contributed by atoms with van der Waals surface area (Å²) < 4.78 is 13.4. The van der Waals surface area contributed by atoms with Crippen molar-refractivity contribution >= 4 is 29.1 Å². The van der Waals surface area contributed by atoms with E-state index in [2.05, 4.69) is 15.3 Å². The Bertz CT molecular complexity index is 994. The maximum Gasteiger partial charge on any atom is 0.229 e. The minimum absolute atomic E-state index is 0.0200. The topological polar surface area (TPSA) is 58.1 Å². The molecule has 0 bridgehead atoms. The number of halogens is 2. The zero-order valence-electron chi connectivity index (χ0n) is 15.7. The zero-order chi connectivity index (χ0) is 20.2. The first-order valence-corrected chi connectivity index (χ1v) is 9.85. The Balaban J connectivity index is 1.42. The molecule has 0 saturated carbocycles. The predicted molar refractivity (Wildman–Crippen MR) is 112 cm³/mol. The van der Waals surface area contributed by atoms with Crippen LogP contribution in [-0.2, 0) is 4.79 Å². The highest BCUT2D eigenvalue weighted by Crippen LogP contribution is 2.24. The highest BCUT2D eigenvalue weighted by Gasteiger charge is 2.27. The summed E-state index contributed by atoms with van der Waals surface area (Å²) in [7, 11) is 0. The number of benzene rings is 2. The maximum atomic E-state index is 13.4. The molecule has 1 saturated heterocycles. The molecule has 1 aliphatic rings. The number of nitrogens with one attached hydrogen (secondary N) is 1. The van der Waals surface area contributed by atoms with Gasteiger partial charge in [-0.25, -0.2) is 14.4 Å². The first-order chi connectivity index (χ1) is 14.1. The highest BCUT2D eigenvalue weighted by atomic mass is 35.5. The van der Waals surface area contributed by atoms with Crippen molar-refractivity contribution in [3.8, 4) is 11.1 Å². The van der Waals surface area contributed by atoms with E-state index in [1.807, 2.05) is 11.0 Å². The Morgan fingerprint density at radius 1 is 1.10 bits per heavy atom. The Kier molecular flexibility index (Phi) is 5.71. The van der Waals surface area contributed by atoms with Crippen LogP contribution < -0.4 is 10.2 Å². The van der Waals surface area contributed by atoms with Crippen molar-refractivity contribution in [2.24, 2.45) is 5.92 Å². The first kappa shape index (κ1) is 19.3. The van der Waals surface area contributed by atoms with Crippen LogP contribution in [0.1, 0.15) is 12.8 Å². The SMILES string of the molecule is O=C(Nc1ccc(Cl)cc1)[C@H]1CCCN(c2ncc(-c3cccc(F)c3)cn2)C1. The van der Waals surface area contributed by atoms with E-state index in [1.54, 1.807) is 42.7 Å². The van der Waals surface area contributed by atoms with Gasteiger partial charge >= 0.3 is 0 Å². The summed E-state index contributed by atoms with van der Waals surface area (Å²) in [6, 6.07) is 13.4. The van der Waals surface area contributed by atoms with Crippen molar-refractivity contribution in [2.75, 3.05) is 23.3 Å². The number of carbonyl (C=O) groups excluding carboxylic acids is 1. The van der Waals surface area contributed by atoms with Crippen molar-refractivity contribution in [1.82, 2.24) is 9.97 Å². The van der Waals surface area contributed by atoms with E-state index in [0.29, 0.717) is 17.5 Å². The zero-order valence-corrected chi connectivity index (χ0v) is 16.4. The van der Waals surface area contributed by atoms with Gasteiger partial charge in [-0.1, -0.05) is 23.7 Å². The first-order valence-electron chi connectivity index (χ1n) is 9.48. The van der Waals surface area contributed by atoms with Crippen LogP contribution in [0.2, 0.25) is 5.02 Å². The number of nitrogens with zero attached hydrogens (tertiary/aromatic N) is 3. The molecule has 7 heteroatoms. The molecule has 29 heavy (non-hydrogen) atoms. The third-order valence-electron chi connectivity index (χ3n) is 4.98. The molecule has 3 aromatic rings. The van der Waals surface area contributed by atoms with Crippen LogP contribution in [0.4, 0.5) is 16.0 Å². The lowest BCUT2D eigenvalue weighted by Gasteiger charge is -2.32. The van der Waals surface area contributed by atoms with Crippen LogP contribution in [0.15, 0.2) is 60.9 Å². The van der Waals surface area contributed by atoms with Crippen molar-refractivity contribution in [3.63, 3.8) is 0 Å². The molecule has 1 aliphatic heterocycles. The molecule has 4 rings (SSSR count). The highest BCUT2D eigenvalue weighted by molar-refractivity contribution is 6.30. The van der Waals surface area contributed by atoms with E-state index in [1.165, 1.54) is 12.1 Å². The number of rotatable bonds is 4. The van der Waals surface area contributed by atoms with Crippen LogP contribution in [0.3, 0.4) is 0 Å². The van der Waals surface area contributed by atoms with Gasteiger partial charge in [0, 0.05) is 41.8 Å². The average molecular weight is 411 g/mol. The second-order valence-electron chi connectivity index (χ2n) is 7.06. The van der Waals surface area contributed by atoms with Gasteiger partial charge in [0.25, 0.3) is 0 Å². The summed E-state index contributed by atoms with van der Waals surface area (Å²) >= 11 is 5.89. The molecule has 2 aromatic carbocycles. The van der Waals surface area contributed by atoms with Gasteiger partial charge < -0.3 is 10.2 Å². The number of hydrogen-bond donors (Lipinski definition) is 1. The van der Waals surface area contributed by atoms with Crippen molar-refractivity contribution < 1.29 is 9.18 Å². The fourth-order valence-corrected chi connectivity index (χ4v) is 3.58. The van der Waals surface area contributed by atoms with E-state index in [9.17, 15) is 9.18 Å². The van der Waals surface area contributed by atoms with Crippen LogP contribution >= 0.6 is 11.6 Å². The van der Waals surface area contributed by atoms with Crippen molar-refractivity contribution in [1.29, 1.82) is 0 Å². The molecule has 2 heterocycles. The van der Waals surface area contributed by atoms with E-state index in [-0.39, 0.29) is 17.6 Å². The molecule has 1 atom stereocenters. The molecular formula is C22H20ClFN4O. The monoisotopic (exact) mass is 410 g/mol. The predicted octanol–water partition coefficient (Wildman–Crippen LogP) is 4.79. The number of anilines is 2. The number of amides is 1. The van der Waals surface area contributed by atoms with Gasteiger partial charge in [0.05, 0.1) is 5.92 Å². The molecule has 0 spiro atoms. The Morgan fingerprint density at radius 3 is 2.59 bits per heavy atom. The van der Waals surface area contributed by atoms with E-state index < -0.39 is 0 Å². The summed E-state index contributed by atoms with van der Waals surface area (Å²) in [6.45, 7) is 1.35. The summed E-state index contributed by atoms with van der Waals surface area (Å²) in [6.07, 6.45) is 5.08. The van der Waals surface area contributed by atoms with Crippen LogP contribution in [0.25, 0.3) is 11.1 Å². The lowest BCUT2D eigenvalue weighted by atomic mass is 9.97. The largest absolute Gasteiger partial charge is 0.340 e. The number of carbonyl (C=O) groups is 1. The molecule has 0 unspecified atom stereocenters. The molecule has 1 aromatic heterocycles. The second-order valence-corrected chi connectivity index (χ2v) is 7.50. The van der Waals surface area contributed by atoms with Crippen molar-refractivity contribution in [3.05, 3.63) is 71.8 Å². The third-order valence-corrected chi connectivity index (χ3v) is 5.23. The maximum absolute atomic E-state index is 13.4. The van der Waals surface area contributed by atoms with Crippen molar-refractivity contribution in [2.45, 2.75) is 12.8 Å². The number of aromatic nitrogens is 2. The minimum atomic E-state index is -0.294. The molecule has 1 N–H and O–H groups in total. The van der Waals surface area contributed by atoms with Gasteiger partial charge in [0.1, 0.15) is 5.82 Å². The molecule has 0 radical (unpaired) electrons. The normalized spacial score (nSPS) is 16.5. The Morgan fingerprint density at radius 2 is 1.86 bits per heavy atom. The smallest absolute Gasteiger partial charge is 0.229 e. The standard InChI is InChI=1S/C22H20ClFN4O/c23-18-6-8-20(9-7-18)27-21(29)16-4-2-10-28(14-16)22-25-12-17(13-26-22)15-3-1-5-19(24)11-15/h1,3,5-9,11-13,16H,2,4,10,14H2,(H,27,29)/t16-/m0/s1. The Hall–Kier alpha value is -2.99. The molecule has 1 fully saturated rings. The molecule has 148 valence electrons. The van der Waals surface area contributed by atoms with Gasteiger partial charge in [0.15, 0.2) is 0 Å². The molecular weight excluding hydrogens is 391 g/mol. The van der Waals surface area contributed by atoms with Gasteiger partial charge in [-0.15, -0.1) is 0 Å². The van der Waals surface area contributed by atoms with E-state index >= 15 is 0 Å². The summed E-state index contributed by atoms with van der Waals surface area (Å²) in [5, 5.41) is 3.58. The fraction of sp³-hybridized carbons (Fsp3) is 0.227. The number of hydrogen-bond acceptors (Lipinski definition) is 4. The Labute approximate surface area is 173 Å². The van der Waals surface area contributed by atoms with Gasteiger partial charge in [-0.3, -0.25) is 4.79 Å². The van der Waals surface area contributed by atoms with Gasteiger partial charge in [0.2, 0.25) is 11.9 Å². The molecule has 5 nitrogen and oxygen atoms in total. The quantitative estimate of drug-likeness (QED) is 0.671.